The topological polar surface area (TPSA) is 76.6 Å². The minimum atomic E-state index is -1.12. The Morgan fingerprint density at radius 3 is 2.86 bits per heavy atom. The highest BCUT2D eigenvalue weighted by atomic mass is 16.6. The van der Waals surface area contributed by atoms with Crippen LogP contribution in [0.1, 0.15) is 13.3 Å². The molecule has 0 heterocycles. The first-order valence-corrected chi connectivity index (χ1v) is 4.05. The number of hydrogen-bond donors (Lipinski definition) is 1. The lowest BCUT2D eigenvalue weighted by Gasteiger charge is -2.04. The highest BCUT2D eigenvalue weighted by Crippen LogP contribution is 1.99. The number of hydrogen-bond acceptors (Lipinski definition) is 3. The van der Waals surface area contributed by atoms with Gasteiger partial charge in [-0.25, -0.2) is 4.85 Å². The van der Waals surface area contributed by atoms with Gasteiger partial charge in [0, 0.05) is 11.5 Å². The lowest BCUT2D eigenvalue weighted by molar-refractivity contribution is -0.508. The summed E-state index contributed by atoms with van der Waals surface area (Å²) in [5, 5.41) is 12.9. The number of carbonyl (C=O) groups is 1. The van der Waals surface area contributed by atoms with Gasteiger partial charge in [-0.1, -0.05) is 0 Å². The fraction of sp³-hybridized carbons (Fsp3) is 0.500. The maximum absolute atomic E-state index is 11.0. The van der Waals surface area contributed by atoms with Crippen molar-refractivity contribution < 1.29 is 9.72 Å². The first-order chi connectivity index (χ1) is 6.61. The van der Waals surface area contributed by atoms with Gasteiger partial charge in [0.1, 0.15) is 0 Å². The van der Waals surface area contributed by atoms with Crippen LogP contribution in [0.5, 0.6) is 0 Å². The van der Waals surface area contributed by atoms with Crippen molar-refractivity contribution in [3.63, 3.8) is 0 Å². The highest BCUT2D eigenvalue weighted by molar-refractivity contribution is 5.76. The lowest BCUT2D eigenvalue weighted by Crippen LogP contribution is -2.29. The van der Waals surface area contributed by atoms with Crippen molar-refractivity contribution in [3.05, 3.63) is 33.8 Å². The van der Waals surface area contributed by atoms with Crippen molar-refractivity contribution in [2.75, 3.05) is 6.54 Å². The van der Waals surface area contributed by atoms with Crippen molar-refractivity contribution in [1.82, 2.24) is 5.32 Å². The molecule has 0 bridgehead atoms. The largest absolute Gasteiger partial charge is 0.356 e. The van der Waals surface area contributed by atoms with E-state index < -0.39 is 11.0 Å². The number of nitrogens with zero attached hydrogens (tertiary/aromatic N) is 2. The van der Waals surface area contributed by atoms with Crippen LogP contribution in [0.4, 0.5) is 0 Å². The zero-order valence-electron chi connectivity index (χ0n) is 7.77. The third-order valence-electron chi connectivity index (χ3n) is 1.42. The third kappa shape index (κ3) is 4.87. The Kier molecular flexibility index (Phi) is 5.70. The van der Waals surface area contributed by atoms with Crippen LogP contribution in [-0.4, -0.2) is 23.4 Å². The van der Waals surface area contributed by atoms with Crippen molar-refractivity contribution in [1.29, 1.82) is 0 Å². The molecule has 0 aromatic rings. The molecule has 1 unspecified atom stereocenters. The van der Waals surface area contributed by atoms with E-state index in [1.807, 2.05) is 0 Å². The van der Waals surface area contributed by atoms with Crippen molar-refractivity contribution in [2.24, 2.45) is 0 Å². The minimum Gasteiger partial charge on any atom is -0.356 e. The molecule has 0 saturated heterocycles. The second kappa shape index (κ2) is 6.60. The van der Waals surface area contributed by atoms with Crippen LogP contribution in [0, 0.1) is 16.7 Å². The second-order valence-corrected chi connectivity index (χ2v) is 2.48. The summed E-state index contributed by atoms with van der Waals surface area (Å²) < 4.78 is 0. The third-order valence-corrected chi connectivity index (χ3v) is 1.42. The number of carbonyl (C=O) groups excluding carboxylic acids is 1. The molecule has 0 spiro atoms. The normalized spacial score (nSPS) is 12.0. The molecule has 76 valence electrons. The lowest BCUT2D eigenvalue weighted by atomic mass is 10.2. The van der Waals surface area contributed by atoms with Crippen LogP contribution in [0.3, 0.4) is 0 Å². The molecule has 0 aliphatic heterocycles. The van der Waals surface area contributed by atoms with E-state index in [2.05, 4.69) is 10.2 Å². The molecule has 0 aliphatic carbocycles. The number of nitrogens with one attached hydrogen (secondary N) is 1. The maximum Gasteiger partial charge on any atom is 0.230 e. The van der Waals surface area contributed by atoms with Gasteiger partial charge in [-0.05, 0) is 13.0 Å². The molecule has 0 radical (unpaired) electrons. The molecule has 1 atom stereocenters. The van der Waals surface area contributed by atoms with Gasteiger partial charge < -0.3 is 5.32 Å². The van der Waals surface area contributed by atoms with Crippen LogP contribution >= 0.6 is 0 Å². The summed E-state index contributed by atoms with van der Waals surface area (Å²) in [7, 11) is 0. The molecule has 0 aromatic carbocycles. The monoisotopic (exact) mass is 197 g/mol. The van der Waals surface area contributed by atoms with E-state index in [1.54, 1.807) is 6.92 Å². The summed E-state index contributed by atoms with van der Waals surface area (Å²) >= 11 is 0. The summed E-state index contributed by atoms with van der Waals surface area (Å²) in [5.41, 5.74) is 0. The molecule has 6 heteroatoms. The SMILES string of the molecule is [C-]#[N+]/C=C/C(CC(=O)NCC)[N+](=O)[O-]. The Morgan fingerprint density at radius 1 is 1.79 bits per heavy atom. The summed E-state index contributed by atoms with van der Waals surface area (Å²) in [6.07, 6.45) is 1.88. The second-order valence-electron chi connectivity index (χ2n) is 2.48. The Morgan fingerprint density at radius 2 is 2.43 bits per heavy atom. The molecular weight excluding hydrogens is 186 g/mol. The Bertz CT molecular complexity index is 280. The summed E-state index contributed by atoms with van der Waals surface area (Å²) in [6.45, 7) is 8.59. The molecular formula is C8H11N3O3. The molecule has 0 aliphatic rings. The molecule has 14 heavy (non-hydrogen) atoms. The van der Waals surface area contributed by atoms with Crippen LogP contribution < -0.4 is 5.32 Å². The molecule has 6 nitrogen and oxygen atoms in total. The van der Waals surface area contributed by atoms with Gasteiger partial charge in [0.2, 0.25) is 11.9 Å². The molecule has 0 fully saturated rings. The number of nitro groups is 1. The van der Waals surface area contributed by atoms with Gasteiger partial charge in [0.15, 0.2) is 6.20 Å². The van der Waals surface area contributed by atoms with E-state index in [0.29, 0.717) is 6.54 Å². The zero-order valence-corrected chi connectivity index (χ0v) is 7.77. The van der Waals surface area contributed by atoms with Gasteiger partial charge >= 0.3 is 0 Å². The van der Waals surface area contributed by atoms with Gasteiger partial charge in [-0.2, -0.15) is 0 Å². The van der Waals surface area contributed by atoms with Crippen molar-refractivity contribution in [3.8, 4) is 0 Å². The van der Waals surface area contributed by atoms with E-state index in [-0.39, 0.29) is 12.3 Å². The summed E-state index contributed by atoms with van der Waals surface area (Å²) in [5.74, 6) is -0.385. The van der Waals surface area contributed by atoms with E-state index in [9.17, 15) is 14.9 Å². The Hall–Kier alpha value is -1.90. The summed E-state index contributed by atoms with van der Waals surface area (Å²) in [6, 6.07) is -1.12. The standard InChI is InChI=1S/C8H11N3O3/c1-3-10-8(12)6-7(11(13)14)4-5-9-2/h4-5,7H,3,6H2,1H3,(H,10,12)/b5-4+. The van der Waals surface area contributed by atoms with Crippen LogP contribution in [-0.2, 0) is 4.79 Å². The average Bonchev–Trinajstić information content (AvgIpc) is 2.12. The van der Waals surface area contributed by atoms with E-state index in [1.165, 1.54) is 0 Å². The van der Waals surface area contributed by atoms with Gasteiger partial charge in [-0.3, -0.25) is 14.9 Å². The van der Waals surface area contributed by atoms with Crippen molar-refractivity contribution in [2.45, 2.75) is 19.4 Å². The smallest absolute Gasteiger partial charge is 0.230 e. The predicted octanol–water partition coefficient (Wildman–Crippen LogP) is 0.591. The Balaban J connectivity index is 4.25. The highest BCUT2D eigenvalue weighted by Gasteiger charge is 2.19. The fourth-order valence-corrected chi connectivity index (χ4v) is 0.815. The predicted molar refractivity (Wildman–Crippen MR) is 49.8 cm³/mol. The first kappa shape index (κ1) is 12.1. The number of rotatable bonds is 5. The molecule has 0 aromatic heterocycles. The van der Waals surface area contributed by atoms with Crippen molar-refractivity contribution >= 4 is 5.91 Å². The quantitative estimate of drug-likeness (QED) is 0.398. The fourth-order valence-electron chi connectivity index (χ4n) is 0.815. The average molecular weight is 197 g/mol. The van der Waals surface area contributed by atoms with E-state index >= 15 is 0 Å². The van der Waals surface area contributed by atoms with Crippen LogP contribution in [0.25, 0.3) is 4.85 Å². The molecule has 0 rings (SSSR count). The molecule has 1 amide bonds. The van der Waals surface area contributed by atoms with Gasteiger partial charge in [0.25, 0.3) is 0 Å². The minimum absolute atomic E-state index is 0.229. The van der Waals surface area contributed by atoms with Gasteiger partial charge in [0.05, 0.1) is 13.0 Å². The zero-order chi connectivity index (χ0) is 11.0. The van der Waals surface area contributed by atoms with E-state index in [0.717, 1.165) is 12.3 Å². The molecule has 0 saturated carbocycles. The van der Waals surface area contributed by atoms with Crippen LogP contribution in [0.2, 0.25) is 0 Å². The molecule has 1 N–H and O–H groups in total. The Labute approximate surface area is 81.6 Å². The van der Waals surface area contributed by atoms with Gasteiger partial charge in [-0.15, -0.1) is 0 Å². The number of amides is 1. The maximum atomic E-state index is 11.0. The van der Waals surface area contributed by atoms with Crippen LogP contribution in [0.15, 0.2) is 12.3 Å². The van der Waals surface area contributed by atoms with E-state index in [4.69, 9.17) is 6.57 Å². The summed E-state index contributed by atoms with van der Waals surface area (Å²) in [4.78, 5) is 23.7. The first-order valence-electron chi connectivity index (χ1n) is 4.05.